The Morgan fingerprint density at radius 3 is 2.81 bits per heavy atom. The van der Waals surface area contributed by atoms with Crippen LogP contribution >= 0.6 is 0 Å². The first-order valence-corrected chi connectivity index (χ1v) is 4.82. The van der Waals surface area contributed by atoms with Crippen molar-refractivity contribution in [2.45, 2.75) is 13.8 Å². The zero-order chi connectivity index (χ0) is 11.7. The molecule has 0 amide bonds. The fourth-order valence-electron chi connectivity index (χ4n) is 1.61. The quantitative estimate of drug-likeness (QED) is 0.414. The average molecular weight is 220 g/mol. The van der Waals surface area contributed by atoms with Gasteiger partial charge < -0.3 is 4.84 Å². The summed E-state index contributed by atoms with van der Waals surface area (Å²) in [6.45, 7) is 3.13. The van der Waals surface area contributed by atoms with E-state index in [-0.39, 0.29) is 5.82 Å². The number of aryl methyl sites for hydroxylation is 1. The Morgan fingerprint density at radius 2 is 2.12 bits per heavy atom. The molecule has 4 heteroatoms. The van der Waals surface area contributed by atoms with E-state index < -0.39 is 5.97 Å². The lowest BCUT2D eigenvalue weighted by Gasteiger charge is -2.04. The monoisotopic (exact) mass is 220 g/mol. The summed E-state index contributed by atoms with van der Waals surface area (Å²) in [4.78, 5) is 15.1. The van der Waals surface area contributed by atoms with Gasteiger partial charge in [0.2, 0.25) is 0 Å². The van der Waals surface area contributed by atoms with Crippen LogP contribution in [0.3, 0.4) is 0 Å². The van der Waals surface area contributed by atoms with Gasteiger partial charge in [0.1, 0.15) is 11.5 Å². The van der Waals surface area contributed by atoms with Crippen molar-refractivity contribution in [1.29, 1.82) is 0 Å². The summed E-state index contributed by atoms with van der Waals surface area (Å²) in [7, 11) is 0. The van der Waals surface area contributed by atoms with Crippen molar-refractivity contribution in [3.8, 4) is 0 Å². The van der Waals surface area contributed by atoms with Gasteiger partial charge >= 0.3 is 5.97 Å². The molecule has 1 aromatic carbocycles. The predicted octanol–water partition coefficient (Wildman–Crippen LogP) is 2.43. The van der Waals surface area contributed by atoms with Gasteiger partial charge in [-0.05, 0) is 30.2 Å². The molecule has 2 rings (SSSR count). The number of nitrogens with zero attached hydrogens (tertiary/aromatic N) is 1. The highest BCUT2D eigenvalue weighted by molar-refractivity contribution is 6.17. The maximum atomic E-state index is 13.6. The van der Waals surface area contributed by atoms with Crippen molar-refractivity contribution in [2.75, 3.05) is 0 Å². The van der Waals surface area contributed by atoms with E-state index >= 15 is 0 Å². The number of rotatable bonds is 1. The van der Waals surface area contributed by atoms with Crippen LogP contribution in [-0.4, -0.2) is 11.7 Å². The summed E-state index contributed by atoms with van der Waals surface area (Å²) in [5, 5.41) is 3.61. The van der Waals surface area contributed by atoms with Crippen LogP contribution in [0.1, 0.15) is 23.6 Å². The van der Waals surface area contributed by atoms with Crippen molar-refractivity contribution in [3.63, 3.8) is 0 Å². The zero-order valence-corrected chi connectivity index (χ0v) is 8.95. The van der Waals surface area contributed by atoms with Crippen molar-refractivity contribution in [3.05, 3.63) is 40.7 Å². The number of carbonyl (C=O) groups is 1. The number of carbonyl (C=O) groups excluding carboxylic acids is 1. The molecule has 0 unspecified atom stereocenters. The third-order valence-corrected chi connectivity index (χ3v) is 2.35. The maximum absolute atomic E-state index is 13.6. The van der Waals surface area contributed by atoms with Crippen LogP contribution in [0.5, 0.6) is 0 Å². The van der Waals surface area contributed by atoms with Gasteiger partial charge in [0, 0.05) is 12.5 Å². The van der Waals surface area contributed by atoms with Crippen LogP contribution in [-0.2, 0) is 9.63 Å². The summed E-state index contributed by atoms with van der Waals surface area (Å²) in [6, 6.07) is 3.08. The van der Waals surface area contributed by atoms with Gasteiger partial charge in [-0.25, -0.2) is 9.18 Å². The molecule has 0 N–H and O–H groups in total. The highest BCUT2D eigenvalue weighted by Crippen LogP contribution is 2.26. The van der Waals surface area contributed by atoms with Gasteiger partial charge in [-0.1, -0.05) is 17.3 Å². The molecule has 16 heavy (non-hydrogen) atoms. The molecule has 0 bridgehead atoms. The number of hydrogen-bond donors (Lipinski definition) is 0. The lowest BCUT2D eigenvalue weighted by molar-refractivity contribution is -0.140. The van der Waals surface area contributed by atoms with Gasteiger partial charge in [0.15, 0.2) is 0 Å². The fraction of sp³-hybridized carbons (Fsp3) is 0.167. The standard InChI is InChI=1S/C12H10FNO2/c1-7-3-5-10(13)12-9(7)4-6-11(12)14-16-8(2)15/h3-6H,1-2H3/b14-11+/i14+1. The third kappa shape index (κ3) is 1.74. The minimum Gasteiger partial charge on any atom is -0.318 e. The lowest BCUT2D eigenvalue weighted by Crippen LogP contribution is -2.02. The first-order chi connectivity index (χ1) is 7.59. The van der Waals surface area contributed by atoms with Crippen LogP contribution in [0.4, 0.5) is 4.39 Å². The van der Waals surface area contributed by atoms with Crippen molar-refractivity contribution in [1.82, 2.24) is 0 Å². The second kappa shape index (κ2) is 3.89. The summed E-state index contributed by atoms with van der Waals surface area (Å²) in [5.41, 5.74) is 2.47. The molecule has 0 fully saturated rings. The van der Waals surface area contributed by atoms with Gasteiger partial charge in [0.25, 0.3) is 0 Å². The minimum atomic E-state index is -0.526. The highest BCUT2D eigenvalue weighted by Gasteiger charge is 2.19. The van der Waals surface area contributed by atoms with Crippen molar-refractivity contribution in [2.24, 2.45) is 5.16 Å². The Balaban J connectivity index is 2.47. The van der Waals surface area contributed by atoms with Crippen molar-refractivity contribution >= 4 is 17.8 Å². The van der Waals surface area contributed by atoms with Gasteiger partial charge in [-0.3, -0.25) is 0 Å². The molecule has 3 nitrogen and oxygen atoms in total. The van der Waals surface area contributed by atoms with Crippen LogP contribution in [0.25, 0.3) is 6.08 Å². The molecule has 82 valence electrons. The van der Waals surface area contributed by atoms with Crippen LogP contribution in [0.15, 0.2) is 23.4 Å². The van der Waals surface area contributed by atoms with E-state index in [0.717, 1.165) is 11.1 Å². The molecule has 0 atom stereocenters. The van der Waals surface area contributed by atoms with E-state index in [4.69, 9.17) is 0 Å². The molecule has 0 aromatic heterocycles. The molecule has 1 aromatic rings. The number of oxime groups is 1. The van der Waals surface area contributed by atoms with E-state index in [9.17, 15) is 9.18 Å². The second-order valence-corrected chi connectivity index (χ2v) is 3.55. The number of allylic oxidation sites excluding steroid dienone is 1. The minimum absolute atomic E-state index is 0.339. The Bertz CT molecular complexity index is 518. The normalized spacial score (nSPS) is 15.3. The van der Waals surface area contributed by atoms with Crippen molar-refractivity contribution < 1.29 is 14.0 Å². The van der Waals surface area contributed by atoms with E-state index in [0.29, 0.717) is 11.3 Å². The second-order valence-electron chi connectivity index (χ2n) is 3.55. The van der Waals surface area contributed by atoms with Gasteiger partial charge in [-0.2, -0.15) is 0 Å². The molecular formula is C12H10FNO2. The molecule has 0 radical (unpaired) electrons. The number of benzene rings is 1. The number of halogens is 1. The number of fused-ring (bicyclic) bond motifs is 1. The summed E-state index contributed by atoms with van der Waals surface area (Å²) < 4.78 is 13.6. The third-order valence-electron chi connectivity index (χ3n) is 2.35. The van der Waals surface area contributed by atoms with E-state index in [1.54, 1.807) is 18.2 Å². The molecule has 1 aliphatic carbocycles. The summed E-state index contributed by atoms with van der Waals surface area (Å²) >= 11 is 0. The lowest BCUT2D eigenvalue weighted by atomic mass is 10.0. The SMILES string of the molecule is CC(=O)O/[15N]=C1\C=Cc2c(C)ccc(F)c21. The van der Waals surface area contributed by atoms with Crippen LogP contribution < -0.4 is 0 Å². The summed E-state index contributed by atoms with van der Waals surface area (Å²) in [5.74, 6) is -0.890. The Morgan fingerprint density at radius 1 is 1.38 bits per heavy atom. The molecule has 0 spiro atoms. The highest BCUT2D eigenvalue weighted by atomic mass is 19.1. The molecule has 0 saturated heterocycles. The molecule has 0 saturated carbocycles. The van der Waals surface area contributed by atoms with E-state index in [2.05, 4.69) is 9.99 Å². The van der Waals surface area contributed by atoms with Gasteiger partial charge in [-0.15, -0.1) is 0 Å². The van der Waals surface area contributed by atoms with E-state index in [1.165, 1.54) is 13.0 Å². The Kier molecular flexibility index (Phi) is 2.56. The first kappa shape index (κ1) is 10.5. The van der Waals surface area contributed by atoms with Gasteiger partial charge in [0.05, 0.1) is 0 Å². The largest absolute Gasteiger partial charge is 0.332 e. The molecule has 0 aliphatic heterocycles. The van der Waals surface area contributed by atoms with E-state index in [1.807, 2.05) is 6.92 Å². The average Bonchev–Trinajstić information content (AvgIpc) is 2.65. The first-order valence-electron chi connectivity index (χ1n) is 4.82. The Labute approximate surface area is 92.2 Å². The summed E-state index contributed by atoms with van der Waals surface area (Å²) in [6.07, 6.45) is 3.39. The maximum Gasteiger partial charge on any atom is 0.332 e. The molecular weight excluding hydrogens is 210 g/mol. The molecule has 1 aliphatic rings. The predicted molar refractivity (Wildman–Crippen MR) is 58.5 cm³/mol. The Hall–Kier alpha value is -1.97. The topological polar surface area (TPSA) is 38.7 Å². The fourth-order valence-corrected chi connectivity index (χ4v) is 1.61. The van der Waals surface area contributed by atoms with Crippen LogP contribution in [0.2, 0.25) is 0 Å². The smallest absolute Gasteiger partial charge is 0.318 e. The van der Waals surface area contributed by atoms with Crippen LogP contribution in [0, 0.1) is 12.7 Å². The zero-order valence-electron chi connectivity index (χ0n) is 8.95. The number of hydrogen-bond acceptors (Lipinski definition) is 3. The molecule has 0 heterocycles.